The topological polar surface area (TPSA) is 224 Å². The second-order valence-corrected chi connectivity index (χ2v) is 22.6. The molecular formula is C66H74F6N14O8. The number of carbonyl (C=O) groups is 4. The average Bonchev–Trinajstić information content (AvgIpc) is 1.57. The minimum atomic E-state index is -4.60. The molecule has 1 fully saturated rings. The van der Waals surface area contributed by atoms with Crippen LogP contribution in [0.4, 0.5) is 81.7 Å². The molecule has 2 aromatic heterocycles. The number of aryl methyl sites for hydroxylation is 2. The summed E-state index contributed by atoms with van der Waals surface area (Å²) in [5, 5.41) is 12.0. The van der Waals surface area contributed by atoms with Crippen molar-refractivity contribution >= 4 is 91.4 Å². The third-order valence-electron chi connectivity index (χ3n) is 15.9. The minimum absolute atomic E-state index is 0.0192. The highest BCUT2D eigenvalue weighted by Gasteiger charge is 2.34. The van der Waals surface area contributed by atoms with Gasteiger partial charge in [-0.05, 0) is 145 Å². The van der Waals surface area contributed by atoms with Crippen LogP contribution in [-0.2, 0) is 12.4 Å². The van der Waals surface area contributed by atoms with Crippen LogP contribution >= 0.6 is 0 Å². The number of carbonyl (C=O) groups excluding carboxylic acids is 4. The molecule has 0 bridgehead atoms. The van der Waals surface area contributed by atoms with Crippen LogP contribution in [-0.4, -0.2) is 164 Å². The number of halogens is 6. The fraction of sp³-hybridized carbons (Fsp3) is 0.333. The summed E-state index contributed by atoms with van der Waals surface area (Å²) in [7, 11) is 18.5. The van der Waals surface area contributed by atoms with Gasteiger partial charge in [-0.15, -0.1) is 0 Å². The van der Waals surface area contributed by atoms with Gasteiger partial charge in [0.2, 0.25) is 0 Å². The predicted molar refractivity (Wildman–Crippen MR) is 352 cm³/mol. The molecule has 6 aromatic carbocycles. The van der Waals surface area contributed by atoms with E-state index in [2.05, 4.69) is 46.1 Å². The van der Waals surface area contributed by atoms with E-state index < -0.39 is 47.4 Å². The van der Waals surface area contributed by atoms with Crippen LogP contribution < -0.4 is 59.8 Å². The third-order valence-corrected chi connectivity index (χ3v) is 15.9. The minimum Gasteiger partial charge on any atom is -0.493 e. The number of rotatable bonds is 19. The van der Waals surface area contributed by atoms with E-state index >= 15 is 0 Å². The van der Waals surface area contributed by atoms with Gasteiger partial charge in [-0.2, -0.15) is 26.3 Å². The number of likely N-dealkylation sites (N-methyl/N-ethyl adjacent to an activating group) is 2. The zero-order valence-corrected chi connectivity index (χ0v) is 54.2. The predicted octanol–water partition coefficient (Wildman–Crippen LogP) is 12.3. The summed E-state index contributed by atoms with van der Waals surface area (Å²) in [6.07, 6.45) is -4.94. The number of methoxy groups -OCH3 is 4. The first-order chi connectivity index (χ1) is 44.5. The molecule has 9 rings (SSSR count). The van der Waals surface area contributed by atoms with Gasteiger partial charge in [0.1, 0.15) is 24.3 Å². The van der Waals surface area contributed by atoms with E-state index in [4.69, 9.17) is 18.9 Å². The molecule has 1 aliphatic rings. The van der Waals surface area contributed by atoms with Gasteiger partial charge >= 0.3 is 24.4 Å². The maximum atomic E-state index is 13.7. The Labute approximate surface area is 539 Å². The monoisotopic (exact) mass is 1300 g/mol. The molecule has 6 amide bonds. The quantitative estimate of drug-likeness (QED) is 0.0552. The SMILES string of the molecule is COc1cc2ncnc(N(C)C(=O)Nc3cc(C(=O)Nc4cc(C(F)(F)F)ccc4N(C)C4CCN(C)C4)ccc3C)c2cc1OC.COc1cc2ncnc(N(C)C(=O)Nc3cc(C(=O)Nc4cc(C(F)(F)F)ccc4N(C)CCCN(C)C)ccc3C)c2cc1OC. The molecule has 3 heterocycles. The van der Waals surface area contributed by atoms with E-state index in [1.165, 1.54) is 95.3 Å². The molecule has 28 heteroatoms. The van der Waals surface area contributed by atoms with E-state index in [1.807, 2.05) is 38.0 Å². The Hall–Kier alpha value is -10.2. The van der Waals surface area contributed by atoms with E-state index in [0.717, 1.165) is 56.7 Å². The van der Waals surface area contributed by atoms with Crippen molar-refractivity contribution in [3.63, 3.8) is 0 Å². The number of benzene rings is 6. The van der Waals surface area contributed by atoms with Crippen molar-refractivity contribution in [2.75, 3.05) is 145 Å². The van der Waals surface area contributed by atoms with Crippen LogP contribution in [0.5, 0.6) is 23.0 Å². The van der Waals surface area contributed by atoms with Crippen molar-refractivity contribution in [1.29, 1.82) is 0 Å². The lowest BCUT2D eigenvalue weighted by Crippen LogP contribution is -2.34. The lowest BCUT2D eigenvalue weighted by molar-refractivity contribution is -0.138. The Kier molecular flexibility index (Phi) is 21.9. The fourth-order valence-corrected chi connectivity index (χ4v) is 10.5. The Morgan fingerprint density at radius 1 is 0.532 bits per heavy atom. The van der Waals surface area contributed by atoms with E-state index in [1.54, 1.807) is 68.3 Å². The Balaban J connectivity index is 0.000000241. The van der Waals surface area contributed by atoms with E-state index in [0.29, 0.717) is 96.9 Å². The van der Waals surface area contributed by atoms with Crippen molar-refractivity contribution in [3.8, 4) is 23.0 Å². The average molecular weight is 1310 g/mol. The standard InChI is InChI=1S/C33H36F3N7O4.C33H38F3N7O4/c1-19-7-8-20(31(44)39-26-14-21(33(34,35)36)9-10-27(26)42(3)22-11-12-41(2)17-22)13-24(19)40-32(45)43(4)30-23-15-28(46-5)29(47-6)16-25(23)37-18-38-30;1-20-9-10-21(31(44)39-26-16-22(33(34,35)36)11-12-27(26)42(4)14-8-13-41(2)3)15-24(20)40-32(45)43(5)30-23-17-28(46-6)29(47-7)18-25(23)37-19-38-30/h7-10,13-16,18,22H,11-12,17H2,1-6H3,(H,39,44)(H,40,45);9-12,15-19H,8,13-14H2,1-7H3,(H,39,44)(H,40,45). The molecule has 1 aliphatic heterocycles. The van der Waals surface area contributed by atoms with Crippen LogP contribution in [0.3, 0.4) is 0 Å². The van der Waals surface area contributed by atoms with Gasteiger partial charge in [0.25, 0.3) is 11.8 Å². The molecule has 0 aliphatic carbocycles. The van der Waals surface area contributed by atoms with Gasteiger partial charge in [0.15, 0.2) is 23.0 Å². The number of hydrogen-bond donors (Lipinski definition) is 4. The first-order valence-electron chi connectivity index (χ1n) is 29.4. The highest BCUT2D eigenvalue weighted by atomic mass is 19.4. The number of nitrogens with zero attached hydrogens (tertiary/aromatic N) is 10. The molecule has 498 valence electrons. The van der Waals surface area contributed by atoms with E-state index in [-0.39, 0.29) is 28.5 Å². The van der Waals surface area contributed by atoms with Crippen molar-refractivity contribution in [1.82, 2.24) is 29.7 Å². The molecule has 1 unspecified atom stereocenters. The smallest absolute Gasteiger partial charge is 0.416 e. The second kappa shape index (κ2) is 29.6. The molecule has 4 N–H and O–H groups in total. The number of aromatic nitrogens is 4. The number of nitrogens with one attached hydrogen (secondary N) is 4. The number of fused-ring (bicyclic) bond motifs is 2. The summed E-state index contributed by atoms with van der Waals surface area (Å²) < 4.78 is 103. The molecular weight excluding hydrogens is 1230 g/mol. The van der Waals surface area contributed by atoms with Crippen LogP contribution in [0, 0.1) is 13.8 Å². The summed E-state index contributed by atoms with van der Waals surface area (Å²) in [5.74, 6) is 1.14. The van der Waals surface area contributed by atoms with Crippen molar-refractivity contribution in [2.24, 2.45) is 0 Å². The lowest BCUT2D eigenvalue weighted by Gasteiger charge is -2.29. The van der Waals surface area contributed by atoms with Crippen molar-refractivity contribution < 1.29 is 64.5 Å². The molecule has 8 aromatic rings. The summed E-state index contributed by atoms with van der Waals surface area (Å²) in [6.45, 7) is 6.46. The van der Waals surface area contributed by atoms with Gasteiger partial charge in [0, 0.05) is 92.7 Å². The van der Waals surface area contributed by atoms with Crippen LogP contribution in [0.2, 0.25) is 0 Å². The molecule has 0 saturated carbocycles. The van der Waals surface area contributed by atoms with Gasteiger partial charge in [-0.3, -0.25) is 19.4 Å². The number of anilines is 8. The molecule has 1 atom stereocenters. The summed E-state index contributed by atoms with van der Waals surface area (Å²) in [6, 6.07) is 21.6. The largest absolute Gasteiger partial charge is 0.493 e. The summed E-state index contributed by atoms with van der Waals surface area (Å²) in [4.78, 5) is 81.4. The number of ether oxygens (including phenoxy) is 4. The summed E-state index contributed by atoms with van der Waals surface area (Å²) in [5.41, 5.74) is 2.53. The number of amides is 6. The Bertz CT molecular complexity index is 4100. The first kappa shape index (κ1) is 69.7. The number of alkyl halides is 6. The first-order valence-corrected chi connectivity index (χ1v) is 29.4. The maximum absolute atomic E-state index is 13.7. The number of urea groups is 2. The molecule has 0 radical (unpaired) electrons. The molecule has 0 spiro atoms. The lowest BCUT2D eigenvalue weighted by atomic mass is 10.1. The molecule has 22 nitrogen and oxygen atoms in total. The van der Waals surface area contributed by atoms with Gasteiger partial charge in [0.05, 0.1) is 73.3 Å². The van der Waals surface area contributed by atoms with Crippen LogP contribution in [0.25, 0.3) is 21.8 Å². The zero-order chi connectivity index (χ0) is 68.5. The zero-order valence-electron chi connectivity index (χ0n) is 54.2. The molecule has 94 heavy (non-hydrogen) atoms. The number of likely N-dealkylation sites (tertiary alicyclic amines) is 1. The Morgan fingerprint density at radius 2 is 0.957 bits per heavy atom. The maximum Gasteiger partial charge on any atom is 0.416 e. The fourth-order valence-electron chi connectivity index (χ4n) is 10.5. The summed E-state index contributed by atoms with van der Waals surface area (Å²) >= 11 is 0. The highest BCUT2D eigenvalue weighted by Crippen LogP contribution is 2.40. The van der Waals surface area contributed by atoms with Gasteiger partial charge in [-0.1, -0.05) is 12.1 Å². The Morgan fingerprint density at radius 3 is 1.36 bits per heavy atom. The second-order valence-electron chi connectivity index (χ2n) is 22.6. The van der Waals surface area contributed by atoms with Crippen LogP contribution in [0.1, 0.15) is 55.8 Å². The van der Waals surface area contributed by atoms with Crippen LogP contribution in [0.15, 0.2) is 110 Å². The van der Waals surface area contributed by atoms with Gasteiger partial charge < -0.3 is 59.8 Å². The normalized spacial score (nSPS) is 13.2. The van der Waals surface area contributed by atoms with Gasteiger partial charge in [-0.25, -0.2) is 29.5 Å². The van der Waals surface area contributed by atoms with Crippen molar-refractivity contribution in [2.45, 2.75) is 45.1 Å². The number of hydrogen-bond acceptors (Lipinski definition) is 16. The van der Waals surface area contributed by atoms with E-state index in [9.17, 15) is 45.5 Å². The molecule has 1 saturated heterocycles. The highest BCUT2D eigenvalue weighted by molar-refractivity contribution is 6.11. The van der Waals surface area contributed by atoms with Crippen molar-refractivity contribution in [3.05, 3.63) is 143 Å². The third kappa shape index (κ3) is 16.3.